The van der Waals surface area contributed by atoms with E-state index in [-0.39, 0.29) is 12.1 Å². The van der Waals surface area contributed by atoms with Gasteiger partial charge in [-0.25, -0.2) is 9.97 Å². The number of nitrogens with zero attached hydrogens (tertiary/aromatic N) is 2. The fourth-order valence-electron chi connectivity index (χ4n) is 1.35. The molecule has 15 heavy (non-hydrogen) atoms. The SMILES string of the molecule is COc1cc(NC(C)CC(C)O)ncn1. The van der Waals surface area contributed by atoms with E-state index in [0.717, 1.165) is 0 Å². The van der Waals surface area contributed by atoms with Crippen LogP contribution in [0, 0.1) is 0 Å². The predicted octanol–water partition coefficient (Wildman–Crippen LogP) is 1.06. The van der Waals surface area contributed by atoms with Crippen LogP contribution >= 0.6 is 0 Å². The zero-order valence-corrected chi connectivity index (χ0v) is 9.27. The van der Waals surface area contributed by atoms with Crippen LogP contribution in [0.15, 0.2) is 12.4 Å². The average molecular weight is 211 g/mol. The Hall–Kier alpha value is -1.36. The summed E-state index contributed by atoms with van der Waals surface area (Å²) in [7, 11) is 1.56. The molecule has 1 aromatic rings. The van der Waals surface area contributed by atoms with E-state index in [4.69, 9.17) is 4.74 Å². The molecular weight excluding hydrogens is 194 g/mol. The van der Waals surface area contributed by atoms with Gasteiger partial charge in [0.05, 0.1) is 13.2 Å². The van der Waals surface area contributed by atoms with Crippen molar-refractivity contribution in [1.29, 1.82) is 0 Å². The van der Waals surface area contributed by atoms with Crippen LogP contribution in [-0.4, -0.2) is 34.3 Å². The first kappa shape index (κ1) is 11.7. The third-order valence-corrected chi connectivity index (χ3v) is 1.94. The van der Waals surface area contributed by atoms with Crippen molar-refractivity contribution in [3.8, 4) is 5.88 Å². The molecule has 0 aliphatic rings. The zero-order valence-electron chi connectivity index (χ0n) is 9.27. The number of methoxy groups -OCH3 is 1. The van der Waals surface area contributed by atoms with Crippen LogP contribution in [0.1, 0.15) is 20.3 Å². The first-order chi connectivity index (χ1) is 7.11. The van der Waals surface area contributed by atoms with E-state index >= 15 is 0 Å². The highest BCUT2D eigenvalue weighted by atomic mass is 16.5. The molecule has 0 bridgehead atoms. The van der Waals surface area contributed by atoms with Gasteiger partial charge < -0.3 is 15.2 Å². The molecule has 5 nitrogen and oxygen atoms in total. The quantitative estimate of drug-likeness (QED) is 0.762. The topological polar surface area (TPSA) is 67.3 Å². The Morgan fingerprint density at radius 2 is 2.20 bits per heavy atom. The standard InChI is InChI=1S/C10H17N3O2/c1-7(4-8(2)14)13-9-5-10(15-3)12-6-11-9/h5-8,14H,4H2,1-3H3,(H,11,12,13). The molecule has 0 spiro atoms. The Morgan fingerprint density at radius 3 is 2.80 bits per heavy atom. The van der Waals surface area contributed by atoms with Gasteiger partial charge in [-0.3, -0.25) is 0 Å². The molecule has 2 unspecified atom stereocenters. The average Bonchev–Trinajstić information content (AvgIpc) is 2.16. The molecule has 0 radical (unpaired) electrons. The van der Waals surface area contributed by atoms with Gasteiger partial charge in [-0.1, -0.05) is 0 Å². The molecule has 1 aromatic heterocycles. The Labute approximate surface area is 89.5 Å². The van der Waals surface area contributed by atoms with E-state index < -0.39 is 0 Å². The number of anilines is 1. The van der Waals surface area contributed by atoms with Crippen LogP contribution in [-0.2, 0) is 0 Å². The highest BCUT2D eigenvalue weighted by Crippen LogP contribution is 2.12. The van der Waals surface area contributed by atoms with Crippen molar-refractivity contribution in [2.45, 2.75) is 32.4 Å². The van der Waals surface area contributed by atoms with Crippen molar-refractivity contribution in [1.82, 2.24) is 9.97 Å². The van der Waals surface area contributed by atoms with Gasteiger partial charge >= 0.3 is 0 Å². The Morgan fingerprint density at radius 1 is 1.47 bits per heavy atom. The summed E-state index contributed by atoms with van der Waals surface area (Å²) in [6.45, 7) is 3.75. The first-order valence-corrected chi connectivity index (χ1v) is 4.92. The summed E-state index contributed by atoms with van der Waals surface area (Å²) in [4.78, 5) is 7.95. The molecule has 0 saturated heterocycles. The lowest BCUT2D eigenvalue weighted by atomic mass is 10.1. The molecule has 2 N–H and O–H groups in total. The summed E-state index contributed by atoms with van der Waals surface area (Å²) in [6, 6.07) is 1.88. The molecule has 84 valence electrons. The van der Waals surface area contributed by atoms with Gasteiger partial charge in [0.15, 0.2) is 0 Å². The minimum Gasteiger partial charge on any atom is -0.481 e. The van der Waals surface area contributed by atoms with E-state index in [1.807, 2.05) is 6.92 Å². The molecule has 0 fully saturated rings. The predicted molar refractivity (Wildman–Crippen MR) is 58.0 cm³/mol. The lowest BCUT2D eigenvalue weighted by Gasteiger charge is -2.15. The monoisotopic (exact) mass is 211 g/mol. The molecule has 0 saturated carbocycles. The Bertz CT molecular complexity index is 304. The number of aliphatic hydroxyl groups is 1. The van der Waals surface area contributed by atoms with Crippen LogP contribution in [0.5, 0.6) is 5.88 Å². The lowest BCUT2D eigenvalue weighted by molar-refractivity contribution is 0.179. The molecule has 0 amide bonds. The van der Waals surface area contributed by atoms with Crippen molar-refractivity contribution < 1.29 is 9.84 Å². The van der Waals surface area contributed by atoms with Gasteiger partial charge in [-0.2, -0.15) is 0 Å². The maximum Gasteiger partial charge on any atom is 0.218 e. The molecule has 0 aliphatic heterocycles. The number of rotatable bonds is 5. The van der Waals surface area contributed by atoms with Crippen LogP contribution in [0.25, 0.3) is 0 Å². The molecule has 5 heteroatoms. The normalized spacial score (nSPS) is 14.4. The molecule has 1 heterocycles. The van der Waals surface area contributed by atoms with Crippen molar-refractivity contribution in [3.63, 3.8) is 0 Å². The molecule has 0 aliphatic carbocycles. The lowest BCUT2D eigenvalue weighted by Crippen LogP contribution is -2.21. The summed E-state index contributed by atoms with van der Waals surface area (Å²) in [6.07, 6.45) is 1.79. The van der Waals surface area contributed by atoms with Gasteiger partial charge in [0.25, 0.3) is 0 Å². The van der Waals surface area contributed by atoms with E-state index in [1.165, 1.54) is 6.33 Å². The second-order valence-corrected chi connectivity index (χ2v) is 3.58. The third kappa shape index (κ3) is 4.12. The second-order valence-electron chi connectivity index (χ2n) is 3.58. The summed E-state index contributed by atoms with van der Waals surface area (Å²) >= 11 is 0. The van der Waals surface area contributed by atoms with Crippen LogP contribution in [0.4, 0.5) is 5.82 Å². The maximum absolute atomic E-state index is 9.20. The number of ether oxygens (including phenoxy) is 1. The van der Waals surface area contributed by atoms with E-state index in [0.29, 0.717) is 18.1 Å². The van der Waals surface area contributed by atoms with Crippen molar-refractivity contribution in [2.75, 3.05) is 12.4 Å². The summed E-state index contributed by atoms with van der Waals surface area (Å²) in [5, 5.41) is 12.4. The van der Waals surface area contributed by atoms with Crippen molar-refractivity contribution in [3.05, 3.63) is 12.4 Å². The highest BCUT2D eigenvalue weighted by Gasteiger charge is 2.07. The second kappa shape index (κ2) is 5.50. The molecule has 2 atom stereocenters. The fraction of sp³-hybridized carbons (Fsp3) is 0.600. The smallest absolute Gasteiger partial charge is 0.218 e. The Balaban J connectivity index is 2.55. The van der Waals surface area contributed by atoms with Crippen LogP contribution < -0.4 is 10.1 Å². The summed E-state index contributed by atoms with van der Waals surface area (Å²) < 4.78 is 4.98. The molecule has 1 rings (SSSR count). The number of hydrogen-bond donors (Lipinski definition) is 2. The first-order valence-electron chi connectivity index (χ1n) is 4.92. The minimum atomic E-state index is -0.323. The zero-order chi connectivity index (χ0) is 11.3. The fourth-order valence-corrected chi connectivity index (χ4v) is 1.35. The van der Waals surface area contributed by atoms with Crippen LogP contribution in [0.2, 0.25) is 0 Å². The minimum absolute atomic E-state index is 0.157. The van der Waals surface area contributed by atoms with E-state index in [1.54, 1.807) is 20.1 Å². The third-order valence-electron chi connectivity index (χ3n) is 1.94. The highest BCUT2D eigenvalue weighted by molar-refractivity contribution is 5.37. The summed E-state index contributed by atoms with van der Waals surface area (Å²) in [5.74, 6) is 1.23. The number of hydrogen-bond acceptors (Lipinski definition) is 5. The number of aromatic nitrogens is 2. The van der Waals surface area contributed by atoms with E-state index in [9.17, 15) is 5.11 Å². The van der Waals surface area contributed by atoms with Gasteiger partial charge in [-0.15, -0.1) is 0 Å². The number of aliphatic hydroxyl groups excluding tert-OH is 1. The maximum atomic E-state index is 9.20. The van der Waals surface area contributed by atoms with Gasteiger partial charge in [0, 0.05) is 12.1 Å². The Kier molecular flexibility index (Phi) is 4.30. The van der Waals surface area contributed by atoms with E-state index in [2.05, 4.69) is 15.3 Å². The van der Waals surface area contributed by atoms with Gasteiger partial charge in [0.2, 0.25) is 5.88 Å². The van der Waals surface area contributed by atoms with Crippen LogP contribution in [0.3, 0.4) is 0 Å². The number of nitrogens with one attached hydrogen (secondary N) is 1. The van der Waals surface area contributed by atoms with Gasteiger partial charge in [-0.05, 0) is 20.3 Å². The van der Waals surface area contributed by atoms with Gasteiger partial charge in [0.1, 0.15) is 12.1 Å². The summed E-state index contributed by atoms with van der Waals surface area (Å²) in [5.41, 5.74) is 0. The van der Waals surface area contributed by atoms with Crippen molar-refractivity contribution >= 4 is 5.82 Å². The molecular formula is C10H17N3O2. The largest absolute Gasteiger partial charge is 0.481 e. The van der Waals surface area contributed by atoms with Crippen molar-refractivity contribution in [2.24, 2.45) is 0 Å². The molecule has 0 aromatic carbocycles.